The largest absolute Gasteiger partial charge is 0.326 e. The Bertz CT molecular complexity index is 1120. The van der Waals surface area contributed by atoms with E-state index in [0.717, 1.165) is 12.0 Å². The van der Waals surface area contributed by atoms with Crippen molar-refractivity contribution in [2.75, 3.05) is 10.6 Å². The molecule has 144 valence electrons. The molecule has 2 aromatic carbocycles. The number of hydrogen-bond donors (Lipinski definition) is 2. The zero-order valence-electron chi connectivity index (χ0n) is 16.1. The molecule has 0 saturated heterocycles. The van der Waals surface area contributed by atoms with Crippen LogP contribution in [0.25, 0.3) is 10.9 Å². The summed E-state index contributed by atoms with van der Waals surface area (Å²) in [5.41, 5.74) is 2.80. The van der Waals surface area contributed by atoms with Gasteiger partial charge in [-0.1, -0.05) is 13.0 Å². The SMILES string of the molecule is CCCC(=O)Nc1ccc(C)c(NC(=O)c2ccc3c(=O)n(C)cnc3c2)c1. The number of rotatable bonds is 5. The van der Waals surface area contributed by atoms with Crippen LogP contribution in [0.3, 0.4) is 0 Å². The molecule has 2 N–H and O–H groups in total. The summed E-state index contributed by atoms with van der Waals surface area (Å²) in [6, 6.07) is 10.2. The molecule has 1 aromatic heterocycles. The van der Waals surface area contributed by atoms with Gasteiger partial charge in [-0.15, -0.1) is 0 Å². The van der Waals surface area contributed by atoms with Crippen molar-refractivity contribution in [1.29, 1.82) is 0 Å². The smallest absolute Gasteiger partial charge is 0.260 e. The van der Waals surface area contributed by atoms with E-state index in [-0.39, 0.29) is 17.4 Å². The topological polar surface area (TPSA) is 93.1 Å². The van der Waals surface area contributed by atoms with Crippen molar-refractivity contribution >= 4 is 34.1 Å². The van der Waals surface area contributed by atoms with Gasteiger partial charge in [0.15, 0.2) is 0 Å². The number of nitrogens with zero attached hydrogens (tertiary/aromatic N) is 2. The molecule has 0 radical (unpaired) electrons. The van der Waals surface area contributed by atoms with Crippen LogP contribution in [0, 0.1) is 6.92 Å². The first kappa shape index (κ1) is 19.3. The van der Waals surface area contributed by atoms with Gasteiger partial charge in [0.25, 0.3) is 11.5 Å². The molecule has 0 unspecified atom stereocenters. The maximum atomic E-state index is 12.7. The van der Waals surface area contributed by atoms with Crippen LogP contribution >= 0.6 is 0 Å². The molecule has 0 aliphatic heterocycles. The Balaban J connectivity index is 1.84. The lowest BCUT2D eigenvalue weighted by atomic mass is 10.1. The highest BCUT2D eigenvalue weighted by Gasteiger charge is 2.12. The molecule has 28 heavy (non-hydrogen) atoms. The molecular formula is C21H22N4O3. The third-order valence-corrected chi connectivity index (χ3v) is 4.43. The normalized spacial score (nSPS) is 10.7. The van der Waals surface area contributed by atoms with Crippen LogP contribution in [-0.4, -0.2) is 21.4 Å². The summed E-state index contributed by atoms with van der Waals surface area (Å²) in [4.78, 5) is 40.8. The Labute approximate surface area is 162 Å². The minimum atomic E-state index is -0.315. The third kappa shape index (κ3) is 4.09. The molecule has 0 saturated carbocycles. The van der Waals surface area contributed by atoms with Crippen LogP contribution in [0.2, 0.25) is 0 Å². The van der Waals surface area contributed by atoms with Gasteiger partial charge >= 0.3 is 0 Å². The third-order valence-electron chi connectivity index (χ3n) is 4.43. The maximum Gasteiger partial charge on any atom is 0.260 e. The number of fused-ring (bicyclic) bond motifs is 1. The molecule has 3 rings (SSSR count). The van der Waals surface area contributed by atoms with E-state index in [0.29, 0.717) is 34.3 Å². The number of carbonyl (C=O) groups excluding carboxylic acids is 2. The second-order valence-corrected chi connectivity index (χ2v) is 6.67. The molecule has 0 fully saturated rings. The molecule has 3 aromatic rings. The van der Waals surface area contributed by atoms with Crippen LogP contribution in [0.1, 0.15) is 35.7 Å². The zero-order valence-corrected chi connectivity index (χ0v) is 16.1. The van der Waals surface area contributed by atoms with Gasteiger partial charge < -0.3 is 15.2 Å². The maximum absolute atomic E-state index is 12.7. The van der Waals surface area contributed by atoms with Gasteiger partial charge in [-0.2, -0.15) is 0 Å². The number of benzene rings is 2. The van der Waals surface area contributed by atoms with Gasteiger partial charge in [0, 0.05) is 30.4 Å². The molecule has 1 heterocycles. The van der Waals surface area contributed by atoms with Gasteiger partial charge in [-0.25, -0.2) is 4.98 Å². The summed E-state index contributed by atoms with van der Waals surface area (Å²) in [5.74, 6) is -0.379. The number of hydrogen-bond acceptors (Lipinski definition) is 4. The molecule has 2 amide bonds. The molecule has 7 nitrogen and oxygen atoms in total. The Morgan fingerprint density at radius 1 is 1.11 bits per heavy atom. The van der Waals surface area contributed by atoms with Gasteiger partial charge in [-0.05, 0) is 49.2 Å². The van der Waals surface area contributed by atoms with Gasteiger partial charge in [0.05, 0.1) is 17.2 Å². The van der Waals surface area contributed by atoms with E-state index < -0.39 is 0 Å². The summed E-state index contributed by atoms with van der Waals surface area (Å²) < 4.78 is 1.39. The van der Waals surface area contributed by atoms with Crippen molar-refractivity contribution in [3.8, 4) is 0 Å². The van der Waals surface area contributed by atoms with Gasteiger partial charge in [0.1, 0.15) is 0 Å². The fraction of sp³-hybridized carbons (Fsp3) is 0.238. The average molecular weight is 378 g/mol. The van der Waals surface area contributed by atoms with Gasteiger partial charge in [-0.3, -0.25) is 14.4 Å². The summed E-state index contributed by atoms with van der Waals surface area (Å²) in [7, 11) is 1.63. The molecule has 7 heteroatoms. The first-order valence-corrected chi connectivity index (χ1v) is 9.06. The lowest BCUT2D eigenvalue weighted by molar-refractivity contribution is -0.116. The zero-order chi connectivity index (χ0) is 20.3. The van der Waals surface area contributed by atoms with Crippen LogP contribution in [0.15, 0.2) is 47.5 Å². The summed E-state index contributed by atoms with van der Waals surface area (Å²) in [5, 5.41) is 6.14. The first-order chi connectivity index (χ1) is 13.4. The second-order valence-electron chi connectivity index (χ2n) is 6.67. The predicted molar refractivity (Wildman–Crippen MR) is 110 cm³/mol. The van der Waals surface area contributed by atoms with E-state index in [9.17, 15) is 14.4 Å². The monoisotopic (exact) mass is 378 g/mol. The number of carbonyl (C=O) groups is 2. The fourth-order valence-corrected chi connectivity index (χ4v) is 2.83. The van der Waals surface area contributed by atoms with Crippen molar-refractivity contribution in [1.82, 2.24) is 9.55 Å². The van der Waals surface area contributed by atoms with E-state index in [2.05, 4.69) is 15.6 Å². The minimum Gasteiger partial charge on any atom is -0.326 e. The molecule has 0 bridgehead atoms. The lowest BCUT2D eigenvalue weighted by Gasteiger charge is -2.12. The van der Waals surface area contributed by atoms with E-state index in [4.69, 9.17) is 0 Å². The molecular weight excluding hydrogens is 356 g/mol. The molecule has 0 atom stereocenters. The van der Waals surface area contributed by atoms with Crippen molar-refractivity contribution < 1.29 is 9.59 Å². The molecule has 0 spiro atoms. The number of anilines is 2. The van der Waals surface area contributed by atoms with Crippen molar-refractivity contribution in [2.45, 2.75) is 26.7 Å². The van der Waals surface area contributed by atoms with E-state index in [1.54, 1.807) is 37.4 Å². The number of aryl methyl sites for hydroxylation is 2. The van der Waals surface area contributed by atoms with Crippen LogP contribution < -0.4 is 16.2 Å². The summed E-state index contributed by atoms with van der Waals surface area (Å²) >= 11 is 0. The first-order valence-electron chi connectivity index (χ1n) is 9.06. The van der Waals surface area contributed by atoms with E-state index >= 15 is 0 Å². The fourth-order valence-electron chi connectivity index (χ4n) is 2.83. The Morgan fingerprint density at radius 3 is 2.64 bits per heavy atom. The number of nitrogens with one attached hydrogen (secondary N) is 2. The van der Waals surface area contributed by atoms with Crippen molar-refractivity contribution in [3.63, 3.8) is 0 Å². The van der Waals surface area contributed by atoms with E-state index in [1.165, 1.54) is 10.9 Å². The second kappa shape index (κ2) is 8.04. The lowest BCUT2D eigenvalue weighted by Crippen LogP contribution is -2.18. The molecule has 0 aliphatic rings. The predicted octanol–water partition coefficient (Wildman–Crippen LogP) is 3.23. The Morgan fingerprint density at radius 2 is 1.89 bits per heavy atom. The number of aromatic nitrogens is 2. The molecule has 0 aliphatic carbocycles. The Hall–Kier alpha value is -3.48. The minimum absolute atomic E-state index is 0.0641. The summed E-state index contributed by atoms with van der Waals surface area (Å²) in [6.45, 7) is 3.81. The standard InChI is InChI=1S/C21H22N4O3/c1-4-5-19(26)23-15-8-6-13(2)17(11-15)24-20(27)14-7-9-16-18(10-14)22-12-25(3)21(16)28/h6-12H,4-5H2,1-3H3,(H,23,26)(H,24,27). The highest BCUT2D eigenvalue weighted by atomic mass is 16.2. The van der Waals surface area contributed by atoms with Crippen LogP contribution in [0.4, 0.5) is 11.4 Å². The summed E-state index contributed by atoms with van der Waals surface area (Å²) in [6.07, 6.45) is 2.64. The number of amides is 2. The van der Waals surface area contributed by atoms with Gasteiger partial charge in [0.2, 0.25) is 5.91 Å². The van der Waals surface area contributed by atoms with Crippen molar-refractivity contribution in [2.24, 2.45) is 7.05 Å². The van der Waals surface area contributed by atoms with E-state index in [1.807, 2.05) is 19.9 Å². The quantitative estimate of drug-likeness (QED) is 0.713. The van der Waals surface area contributed by atoms with Crippen LogP contribution in [0.5, 0.6) is 0 Å². The van der Waals surface area contributed by atoms with Crippen molar-refractivity contribution in [3.05, 3.63) is 64.2 Å². The average Bonchev–Trinajstić information content (AvgIpc) is 2.67. The Kier molecular flexibility index (Phi) is 5.54. The van der Waals surface area contributed by atoms with Crippen LogP contribution in [-0.2, 0) is 11.8 Å². The highest BCUT2D eigenvalue weighted by Crippen LogP contribution is 2.22. The highest BCUT2D eigenvalue weighted by molar-refractivity contribution is 6.06.